The van der Waals surface area contributed by atoms with Crippen LogP contribution in [0.25, 0.3) is 0 Å². The van der Waals surface area contributed by atoms with Crippen LogP contribution in [0.3, 0.4) is 0 Å². The SMILES string of the molecule is Nc1ccn([C@H]2C[C@H](O)[C@@H](COC(=O)/C=C\C(=O)O)O2)c(=O)n1. The average Bonchev–Trinajstić information content (AvgIpc) is 2.83. The number of aliphatic carboxylic acids is 1. The van der Waals surface area contributed by atoms with Crippen molar-refractivity contribution in [1.82, 2.24) is 9.55 Å². The lowest BCUT2D eigenvalue weighted by Gasteiger charge is -2.15. The Labute approximate surface area is 129 Å². The number of aromatic nitrogens is 2. The molecule has 0 unspecified atom stereocenters. The van der Waals surface area contributed by atoms with Gasteiger partial charge in [0, 0.05) is 24.8 Å². The van der Waals surface area contributed by atoms with E-state index in [1.54, 1.807) is 0 Å². The molecule has 1 fully saturated rings. The van der Waals surface area contributed by atoms with Gasteiger partial charge in [-0.1, -0.05) is 0 Å². The summed E-state index contributed by atoms with van der Waals surface area (Å²) in [7, 11) is 0. The quantitative estimate of drug-likeness (QED) is 0.440. The standard InChI is InChI=1S/C13H15N3O7/c14-9-3-4-16(13(21)15-9)10-5-7(17)8(23-10)6-22-12(20)2-1-11(18)19/h1-4,7-8,10,17H,5-6H2,(H,18,19)(H2,14,15,21)/b2-1-/t7-,8+,10+/m0/s1. The molecule has 0 aliphatic carbocycles. The van der Waals surface area contributed by atoms with Gasteiger partial charge in [-0.2, -0.15) is 4.98 Å². The third kappa shape index (κ3) is 4.37. The highest BCUT2D eigenvalue weighted by Gasteiger charge is 2.36. The third-order valence-electron chi connectivity index (χ3n) is 3.12. The summed E-state index contributed by atoms with van der Waals surface area (Å²) in [6.45, 7) is -0.280. The van der Waals surface area contributed by atoms with Crippen LogP contribution in [0.5, 0.6) is 0 Å². The zero-order valence-corrected chi connectivity index (χ0v) is 11.9. The average molecular weight is 325 g/mol. The van der Waals surface area contributed by atoms with Crippen molar-refractivity contribution < 1.29 is 29.3 Å². The number of carbonyl (C=O) groups is 2. The number of hydrogen-bond acceptors (Lipinski definition) is 8. The van der Waals surface area contributed by atoms with E-state index in [1.807, 2.05) is 0 Å². The van der Waals surface area contributed by atoms with Crippen molar-refractivity contribution in [1.29, 1.82) is 0 Å². The number of nitrogens with two attached hydrogens (primary N) is 1. The number of nitrogens with zero attached hydrogens (tertiary/aromatic N) is 2. The zero-order chi connectivity index (χ0) is 17.0. The topological polar surface area (TPSA) is 154 Å². The number of nitrogen functional groups attached to an aromatic ring is 1. The summed E-state index contributed by atoms with van der Waals surface area (Å²) in [4.78, 5) is 36.8. The summed E-state index contributed by atoms with van der Waals surface area (Å²) < 4.78 is 11.4. The second-order valence-electron chi connectivity index (χ2n) is 4.78. The molecule has 1 aromatic heterocycles. The maximum atomic E-state index is 11.7. The van der Waals surface area contributed by atoms with E-state index >= 15 is 0 Å². The first kappa shape index (κ1) is 16.6. The van der Waals surface area contributed by atoms with Gasteiger partial charge >= 0.3 is 17.6 Å². The van der Waals surface area contributed by atoms with E-state index in [-0.39, 0.29) is 18.8 Å². The van der Waals surface area contributed by atoms with E-state index in [2.05, 4.69) is 4.98 Å². The van der Waals surface area contributed by atoms with E-state index in [9.17, 15) is 19.5 Å². The minimum absolute atomic E-state index is 0.0699. The Morgan fingerprint density at radius 1 is 1.52 bits per heavy atom. The third-order valence-corrected chi connectivity index (χ3v) is 3.12. The Bertz CT molecular complexity index is 684. The molecule has 3 atom stereocenters. The molecular formula is C13H15N3O7. The molecule has 1 aromatic rings. The fourth-order valence-corrected chi connectivity index (χ4v) is 2.03. The summed E-state index contributed by atoms with van der Waals surface area (Å²) >= 11 is 0. The first-order valence-electron chi connectivity index (χ1n) is 6.63. The Morgan fingerprint density at radius 3 is 2.91 bits per heavy atom. The van der Waals surface area contributed by atoms with Crippen LogP contribution in [0, 0.1) is 0 Å². The lowest BCUT2D eigenvalue weighted by Crippen LogP contribution is -2.29. The predicted molar refractivity (Wildman–Crippen MR) is 75.2 cm³/mol. The molecule has 23 heavy (non-hydrogen) atoms. The number of hydrogen-bond donors (Lipinski definition) is 3. The predicted octanol–water partition coefficient (Wildman–Crippen LogP) is -1.34. The molecule has 0 aromatic carbocycles. The molecule has 4 N–H and O–H groups in total. The van der Waals surface area contributed by atoms with Crippen LogP contribution < -0.4 is 11.4 Å². The maximum Gasteiger partial charge on any atom is 0.351 e. The summed E-state index contributed by atoms with van der Waals surface area (Å²) in [5, 5.41) is 18.3. The van der Waals surface area contributed by atoms with E-state index < -0.39 is 36.1 Å². The van der Waals surface area contributed by atoms with Crippen molar-refractivity contribution in [2.75, 3.05) is 12.3 Å². The van der Waals surface area contributed by atoms with Crippen LogP contribution in [0.1, 0.15) is 12.6 Å². The first-order valence-corrected chi connectivity index (χ1v) is 6.63. The molecule has 1 aliphatic heterocycles. The van der Waals surface area contributed by atoms with E-state index in [0.29, 0.717) is 6.08 Å². The Balaban J connectivity index is 1.95. The number of aliphatic hydroxyl groups is 1. The highest BCUT2D eigenvalue weighted by Crippen LogP contribution is 2.27. The number of carbonyl (C=O) groups excluding carboxylic acids is 1. The van der Waals surface area contributed by atoms with Crippen LogP contribution >= 0.6 is 0 Å². The van der Waals surface area contributed by atoms with Crippen molar-refractivity contribution in [2.45, 2.75) is 24.9 Å². The van der Waals surface area contributed by atoms with Crippen molar-refractivity contribution in [3.05, 3.63) is 34.9 Å². The zero-order valence-electron chi connectivity index (χ0n) is 11.9. The number of esters is 1. The molecule has 1 aliphatic rings. The van der Waals surface area contributed by atoms with Crippen molar-refractivity contribution >= 4 is 17.8 Å². The van der Waals surface area contributed by atoms with Gasteiger partial charge < -0.3 is 25.4 Å². The minimum atomic E-state index is -1.28. The molecule has 124 valence electrons. The first-order chi connectivity index (χ1) is 10.9. The van der Waals surface area contributed by atoms with Gasteiger partial charge in [-0.15, -0.1) is 0 Å². The Kier molecular flexibility index (Phi) is 5.09. The lowest BCUT2D eigenvalue weighted by atomic mass is 10.2. The summed E-state index contributed by atoms with van der Waals surface area (Å²) in [5.74, 6) is -2.09. The largest absolute Gasteiger partial charge is 0.478 e. The Morgan fingerprint density at radius 2 is 2.26 bits per heavy atom. The van der Waals surface area contributed by atoms with Gasteiger partial charge in [-0.05, 0) is 6.07 Å². The number of carboxylic acids is 1. The van der Waals surface area contributed by atoms with Crippen molar-refractivity contribution in [3.63, 3.8) is 0 Å². The summed E-state index contributed by atoms with van der Waals surface area (Å²) in [6.07, 6.45) is 0.327. The number of rotatable bonds is 5. The lowest BCUT2D eigenvalue weighted by molar-refractivity contribution is -0.144. The van der Waals surface area contributed by atoms with Crippen LogP contribution in [0.15, 0.2) is 29.2 Å². The molecular weight excluding hydrogens is 310 g/mol. The second-order valence-corrected chi connectivity index (χ2v) is 4.78. The molecule has 2 heterocycles. The van der Waals surface area contributed by atoms with Gasteiger partial charge in [0.25, 0.3) is 0 Å². The Hall–Kier alpha value is -2.72. The molecule has 0 amide bonds. The van der Waals surface area contributed by atoms with Gasteiger partial charge in [-0.3, -0.25) is 4.57 Å². The van der Waals surface area contributed by atoms with Crippen molar-refractivity contribution in [3.8, 4) is 0 Å². The van der Waals surface area contributed by atoms with E-state index in [1.165, 1.54) is 16.8 Å². The van der Waals surface area contributed by atoms with E-state index in [4.69, 9.17) is 20.3 Å². The number of ether oxygens (including phenoxy) is 2. The van der Waals surface area contributed by atoms with E-state index in [0.717, 1.165) is 6.08 Å². The van der Waals surface area contributed by atoms with Crippen molar-refractivity contribution in [2.24, 2.45) is 0 Å². The molecule has 0 bridgehead atoms. The van der Waals surface area contributed by atoms with Gasteiger partial charge in [0.15, 0.2) is 0 Å². The number of anilines is 1. The van der Waals surface area contributed by atoms with Gasteiger partial charge in [0.2, 0.25) is 0 Å². The smallest absolute Gasteiger partial charge is 0.351 e. The maximum absolute atomic E-state index is 11.7. The van der Waals surface area contributed by atoms with Crippen LogP contribution in [0.2, 0.25) is 0 Å². The van der Waals surface area contributed by atoms with Gasteiger partial charge in [0.05, 0.1) is 6.10 Å². The molecule has 2 rings (SSSR count). The number of carboxylic acid groups (broad SMARTS) is 1. The second kappa shape index (κ2) is 7.03. The fraction of sp³-hybridized carbons (Fsp3) is 0.385. The highest BCUT2D eigenvalue weighted by atomic mass is 16.6. The number of aliphatic hydroxyl groups excluding tert-OH is 1. The van der Waals surface area contributed by atoms with Crippen LogP contribution in [0.4, 0.5) is 5.82 Å². The monoisotopic (exact) mass is 325 g/mol. The molecule has 0 radical (unpaired) electrons. The molecule has 10 nitrogen and oxygen atoms in total. The summed E-state index contributed by atoms with van der Waals surface area (Å²) in [5.41, 5.74) is 4.77. The highest BCUT2D eigenvalue weighted by molar-refractivity contribution is 5.90. The van der Waals surface area contributed by atoms with Crippen LogP contribution in [-0.4, -0.2) is 50.5 Å². The molecule has 0 saturated carbocycles. The van der Waals surface area contributed by atoms with Gasteiger partial charge in [0.1, 0.15) is 24.8 Å². The molecule has 1 saturated heterocycles. The minimum Gasteiger partial charge on any atom is -0.478 e. The summed E-state index contributed by atoms with van der Waals surface area (Å²) in [6, 6.07) is 1.42. The normalized spacial score (nSPS) is 24.0. The fourth-order valence-electron chi connectivity index (χ4n) is 2.03. The molecule has 10 heteroatoms. The molecule has 0 spiro atoms. The van der Waals surface area contributed by atoms with Crippen LogP contribution in [-0.2, 0) is 19.1 Å². The van der Waals surface area contributed by atoms with Gasteiger partial charge in [-0.25, -0.2) is 14.4 Å².